The number of imidazole rings is 1. The van der Waals surface area contributed by atoms with E-state index in [1.54, 1.807) is 43.0 Å². The number of rotatable bonds is 7. The molecule has 4 aromatic rings. The molecule has 1 fully saturated rings. The lowest BCUT2D eigenvalue weighted by atomic mass is 9.93. The zero-order chi connectivity index (χ0) is 32.4. The van der Waals surface area contributed by atoms with Crippen LogP contribution >= 0.6 is 11.6 Å². The molecule has 6 rings (SSSR count). The van der Waals surface area contributed by atoms with Crippen LogP contribution in [0.1, 0.15) is 53.7 Å². The average molecular weight is 624 g/mol. The number of benzene rings is 2. The van der Waals surface area contributed by atoms with Gasteiger partial charge >= 0.3 is 6.03 Å². The fraction of sp³-hybridized carbons (Fsp3) is 0.314. The minimum atomic E-state index is -0.897. The normalized spacial score (nSPS) is 17.0. The predicted octanol–water partition coefficient (Wildman–Crippen LogP) is 5.77. The smallest absolute Gasteiger partial charge is 0.324 e. The van der Waals surface area contributed by atoms with Gasteiger partial charge in [-0.15, -0.1) is 0 Å². The number of fused-ring (bicyclic) bond motifs is 2. The summed E-state index contributed by atoms with van der Waals surface area (Å²) in [6, 6.07) is 18.9. The van der Waals surface area contributed by atoms with Crippen molar-refractivity contribution in [3.63, 3.8) is 0 Å². The molecule has 3 heterocycles. The number of allylic oxidation sites excluding steroid dienone is 1. The Bertz CT molecular complexity index is 1810. The summed E-state index contributed by atoms with van der Waals surface area (Å²) in [4.78, 5) is 29.3. The van der Waals surface area contributed by atoms with Gasteiger partial charge in [-0.2, -0.15) is 5.26 Å². The number of urea groups is 1. The summed E-state index contributed by atoms with van der Waals surface area (Å²) in [5, 5.41) is 14.9. The van der Waals surface area contributed by atoms with Gasteiger partial charge in [0, 0.05) is 62.0 Å². The lowest BCUT2D eigenvalue weighted by Gasteiger charge is -2.42. The summed E-state index contributed by atoms with van der Waals surface area (Å²) in [5.41, 5.74) is 5.61. The summed E-state index contributed by atoms with van der Waals surface area (Å²) < 4.78 is 9.68. The topological polar surface area (TPSA) is 102 Å². The molecule has 0 radical (unpaired) electrons. The second kappa shape index (κ2) is 12.5. The summed E-state index contributed by atoms with van der Waals surface area (Å²) in [7, 11) is 0. The van der Waals surface area contributed by atoms with Crippen molar-refractivity contribution in [1.29, 1.82) is 6.69 Å². The van der Waals surface area contributed by atoms with Crippen LogP contribution in [-0.2, 0) is 6.54 Å². The number of pyridine rings is 1. The van der Waals surface area contributed by atoms with Crippen molar-refractivity contribution in [2.75, 3.05) is 37.6 Å². The van der Waals surface area contributed by atoms with Crippen LogP contribution < -0.4 is 4.90 Å². The van der Waals surface area contributed by atoms with Gasteiger partial charge in [0.05, 0.1) is 35.5 Å². The molecular formula is C35H36ClN7O2. The number of halogens is 1. The second-order valence-electron chi connectivity index (χ2n) is 12.2. The van der Waals surface area contributed by atoms with Crippen molar-refractivity contribution in [3.05, 3.63) is 112 Å². The molecule has 2 amide bonds. The number of hydrogen-bond acceptors (Lipinski definition) is 6. The summed E-state index contributed by atoms with van der Waals surface area (Å²) in [5.74, 6) is 0.935. The Kier molecular flexibility index (Phi) is 8.11. The molecule has 0 bridgehead atoms. The quantitative estimate of drug-likeness (QED) is 0.280. The number of nitrogens with zero attached hydrogens (tertiary/aromatic N) is 7. The van der Waals surface area contributed by atoms with Crippen molar-refractivity contribution < 1.29 is 9.90 Å². The second-order valence-corrected chi connectivity index (χ2v) is 12.6. The molecular weight excluding hydrogens is 586 g/mol. The molecule has 1 N–H and O–H groups in total. The molecule has 2 aliphatic rings. The van der Waals surface area contributed by atoms with E-state index in [0.29, 0.717) is 49.0 Å². The molecule has 10 heteroatoms. The maximum atomic E-state index is 14.0. The third-order valence-electron chi connectivity index (χ3n) is 8.41. The number of hydrogen-bond donors (Lipinski definition) is 1. The number of carbonyl (C=O) groups is 1. The van der Waals surface area contributed by atoms with Crippen LogP contribution in [-0.4, -0.2) is 75.2 Å². The minimum absolute atomic E-state index is 0.136. The molecule has 2 aromatic carbocycles. The van der Waals surface area contributed by atoms with E-state index in [-0.39, 0.29) is 18.6 Å². The van der Waals surface area contributed by atoms with E-state index < -0.39 is 5.60 Å². The predicted molar refractivity (Wildman–Crippen MR) is 176 cm³/mol. The molecule has 2 aromatic heterocycles. The molecule has 0 saturated carbocycles. The number of anilines is 1. The Balaban J connectivity index is 1.29. The van der Waals surface area contributed by atoms with Crippen LogP contribution in [0.5, 0.6) is 0 Å². The van der Waals surface area contributed by atoms with Gasteiger partial charge in [0.25, 0.3) is 0 Å². The number of aliphatic hydroxyl groups is 1. The molecule has 1 saturated heterocycles. The molecule has 9 nitrogen and oxygen atoms in total. The highest BCUT2D eigenvalue weighted by Gasteiger charge is 2.35. The van der Waals surface area contributed by atoms with Crippen LogP contribution in [0.2, 0.25) is 5.02 Å². The standard InChI is InChI=1S/C35H36ClN7O2/c1-24-38-13-14-42(24)22-27-19-26-5-4-12-39-32(26)33(30-11-8-28(36)20-31(27)30)40-15-17-41(18-16-40)34(44)43(23-35(2,3)45)29-9-6-25(21-37)7-10-29/h4-14,19-20,33,45H,15-18,22-23H2,1-3H3/i45T. The fourth-order valence-electron chi connectivity index (χ4n) is 6.20. The van der Waals surface area contributed by atoms with E-state index in [0.717, 1.165) is 33.8 Å². The first-order valence-electron chi connectivity index (χ1n) is 15.5. The van der Waals surface area contributed by atoms with Gasteiger partial charge in [-0.25, -0.2) is 9.78 Å². The van der Waals surface area contributed by atoms with Crippen molar-refractivity contribution in [3.8, 4) is 6.07 Å². The van der Waals surface area contributed by atoms with Gasteiger partial charge in [0.2, 0.25) is 1.43 Å². The first-order valence-corrected chi connectivity index (χ1v) is 15.4. The molecule has 1 atom stereocenters. The Morgan fingerprint density at radius 3 is 2.60 bits per heavy atom. The van der Waals surface area contributed by atoms with E-state index in [9.17, 15) is 10.1 Å². The van der Waals surface area contributed by atoms with Gasteiger partial charge in [-0.05, 0) is 91.6 Å². The molecule has 230 valence electrons. The maximum absolute atomic E-state index is 14.0. The molecule has 45 heavy (non-hydrogen) atoms. The number of nitriles is 1. The summed E-state index contributed by atoms with van der Waals surface area (Å²) >= 11 is 6.60. The fourth-order valence-corrected chi connectivity index (χ4v) is 6.37. The zero-order valence-electron chi connectivity index (χ0n) is 26.7. The number of aromatic nitrogens is 3. The first kappa shape index (κ1) is 29.2. The molecule has 1 unspecified atom stereocenters. The average Bonchev–Trinajstić information content (AvgIpc) is 3.42. The monoisotopic (exact) mass is 623 g/mol. The van der Waals surface area contributed by atoms with Crippen LogP contribution in [0.25, 0.3) is 11.6 Å². The number of carbonyl (C=O) groups excluding carboxylic acids is 1. The van der Waals surface area contributed by atoms with Crippen LogP contribution in [0.15, 0.2) is 73.2 Å². The lowest BCUT2D eigenvalue weighted by molar-refractivity contribution is 0.0836. The maximum Gasteiger partial charge on any atom is 0.324 e. The van der Waals surface area contributed by atoms with Crippen molar-refractivity contribution >= 4 is 35.0 Å². The third kappa shape index (κ3) is 6.50. The largest absolute Gasteiger partial charge is 0.389 e. The molecule has 0 spiro atoms. The Morgan fingerprint density at radius 1 is 1.13 bits per heavy atom. The summed E-state index contributed by atoms with van der Waals surface area (Å²) in [6.07, 6.45) is 7.85. The van der Waals surface area contributed by atoms with Crippen molar-refractivity contribution in [1.82, 2.24) is 24.3 Å². The van der Waals surface area contributed by atoms with Gasteiger partial charge in [0.15, 0.2) is 0 Å². The molecule has 1 aliphatic carbocycles. The molecule has 1 aliphatic heterocycles. The summed E-state index contributed by atoms with van der Waals surface area (Å²) in [6.45, 7) is 8.64. The van der Waals surface area contributed by atoms with Gasteiger partial charge in [0.1, 0.15) is 5.82 Å². The Morgan fingerprint density at radius 2 is 1.91 bits per heavy atom. The number of piperazine rings is 1. The zero-order valence-corrected chi connectivity index (χ0v) is 26.4. The highest BCUT2D eigenvalue weighted by atomic mass is 35.5. The van der Waals surface area contributed by atoms with E-state index in [4.69, 9.17) is 23.1 Å². The Labute approximate surface area is 270 Å². The Hall–Kier alpha value is -4.49. The third-order valence-corrected chi connectivity index (χ3v) is 8.64. The SMILES string of the molecule is [3H]OC(C)(C)CN(C(=O)N1CCN(C2c3ccc(Cl)cc3C(Cn3ccnc3C)=Cc3cccnc32)CC1)c1ccc(C#N)cc1. The van der Waals surface area contributed by atoms with Crippen LogP contribution in [0, 0.1) is 18.3 Å². The number of amides is 2. The van der Waals surface area contributed by atoms with Gasteiger partial charge in [-0.1, -0.05) is 23.7 Å². The lowest BCUT2D eigenvalue weighted by Crippen LogP contribution is -2.55. The van der Waals surface area contributed by atoms with Crippen molar-refractivity contribution in [2.24, 2.45) is 0 Å². The minimum Gasteiger partial charge on any atom is -0.389 e. The highest BCUT2D eigenvalue weighted by molar-refractivity contribution is 6.30. The van der Waals surface area contributed by atoms with Crippen molar-refractivity contribution in [2.45, 2.75) is 39.0 Å². The van der Waals surface area contributed by atoms with Crippen LogP contribution in [0.3, 0.4) is 0 Å². The number of aryl methyl sites for hydroxylation is 1. The highest BCUT2D eigenvalue weighted by Crippen LogP contribution is 2.41. The van der Waals surface area contributed by atoms with E-state index >= 15 is 0 Å². The van der Waals surface area contributed by atoms with Gasteiger partial charge in [-0.3, -0.25) is 14.8 Å². The van der Waals surface area contributed by atoms with Crippen LogP contribution in [0.4, 0.5) is 10.5 Å². The van der Waals surface area contributed by atoms with Gasteiger partial charge < -0.3 is 14.6 Å². The van der Waals surface area contributed by atoms with E-state index in [2.05, 4.69) is 38.7 Å². The van der Waals surface area contributed by atoms with E-state index in [1.165, 1.54) is 0 Å². The first-order chi connectivity index (χ1) is 22.2. The van der Waals surface area contributed by atoms with E-state index in [1.807, 2.05) is 48.6 Å².